The third kappa shape index (κ3) is 4.66. The zero-order valence-corrected chi connectivity index (χ0v) is 12.7. The van der Waals surface area contributed by atoms with Gasteiger partial charge >= 0.3 is 5.97 Å². The maximum absolute atomic E-state index is 12.2. The number of esters is 1. The molecule has 6 heteroatoms. The first-order chi connectivity index (χ1) is 8.51. The van der Waals surface area contributed by atoms with E-state index in [9.17, 15) is 9.59 Å². The van der Waals surface area contributed by atoms with Crippen LogP contribution in [0, 0.1) is 11.8 Å². The molecule has 5 nitrogen and oxygen atoms in total. The third-order valence-corrected chi connectivity index (χ3v) is 3.81. The highest BCUT2D eigenvalue weighted by Crippen LogP contribution is 2.19. The molecule has 3 atom stereocenters. The summed E-state index contributed by atoms with van der Waals surface area (Å²) >= 11 is 0. The van der Waals surface area contributed by atoms with E-state index in [0.29, 0.717) is 13.1 Å². The molecular weight excluding hydrogens is 268 g/mol. The molecule has 0 aromatic carbocycles. The van der Waals surface area contributed by atoms with Gasteiger partial charge in [0.25, 0.3) is 0 Å². The van der Waals surface area contributed by atoms with Crippen LogP contribution >= 0.6 is 12.4 Å². The number of halogens is 1. The van der Waals surface area contributed by atoms with E-state index < -0.39 is 6.04 Å². The van der Waals surface area contributed by atoms with Crippen LogP contribution in [0.3, 0.4) is 0 Å². The SMILES string of the molecule is CCC(C)C(N)C(=O)N1CCCC(C(=O)OC)C1.Cl. The Labute approximate surface area is 121 Å². The first-order valence-electron chi connectivity index (χ1n) is 6.63. The Kier molecular flexibility index (Phi) is 8.02. The maximum atomic E-state index is 12.2. The van der Waals surface area contributed by atoms with Crippen LogP contribution in [0.15, 0.2) is 0 Å². The molecule has 0 radical (unpaired) electrons. The lowest BCUT2D eigenvalue weighted by atomic mass is 9.94. The van der Waals surface area contributed by atoms with Crippen molar-refractivity contribution < 1.29 is 14.3 Å². The summed E-state index contributed by atoms with van der Waals surface area (Å²) in [5, 5.41) is 0. The van der Waals surface area contributed by atoms with Crippen LogP contribution in [0.5, 0.6) is 0 Å². The van der Waals surface area contributed by atoms with Gasteiger partial charge in [-0.05, 0) is 18.8 Å². The molecule has 1 saturated heterocycles. The highest BCUT2D eigenvalue weighted by Gasteiger charge is 2.32. The Morgan fingerprint density at radius 2 is 2.11 bits per heavy atom. The van der Waals surface area contributed by atoms with E-state index in [1.165, 1.54) is 7.11 Å². The minimum atomic E-state index is -0.466. The number of nitrogens with zero attached hydrogens (tertiary/aromatic N) is 1. The van der Waals surface area contributed by atoms with Gasteiger partial charge in [-0.25, -0.2) is 0 Å². The van der Waals surface area contributed by atoms with Crippen LogP contribution in [0.2, 0.25) is 0 Å². The molecule has 0 spiro atoms. The summed E-state index contributed by atoms with van der Waals surface area (Å²) in [5.41, 5.74) is 5.95. The van der Waals surface area contributed by atoms with Crippen molar-refractivity contribution in [3.05, 3.63) is 0 Å². The number of hydrogen-bond donors (Lipinski definition) is 1. The molecule has 1 fully saturated rings. The van der Waals surface area contributed by atoms with Crippen molar-refractivity contribution >= 4 is 24.3 Å². The van der Waals surface area contributed by atoms with Crippen molar-refractivity contribution in [2.24, 2.45) is 17.6 Å². The van der Waals surface area contributed by atoms with Gasteiger partial charge in [0.15, 0.2) is 0 Å². The molecule has 1 amide bonds. The Bertz CT molecular complexity index is 312. The van der Waals surface area contributed by atoms with Gasteiger partial charge in [0.1, 0.15) is 0 Å². The summed E-state index contributed by atoms with van der Waals surface area (Å²) in [5.74, 6) is -0.310. The van der Waals surface area contributed by atoms with E-state index in [1.807, 2.05) is 13.8 Å². The molecule has 1 aliphatic rings. The second kappa shape index (κ2) is 8.38. The second-order valence-corrected chi connectivity index (χ2v) is 5.06. The molecule has 19 heavy (non-hydrogen) atoms. The number of amides is 1. The van der Waals surface area contributed by atoms with Crippen LogP contribution in [0.1, 0.15) is 33.1 Å². The van der Waals surface area contributed by atoms with Crippen LogP contribution < -0.4 is 5.73 Å². The fourth-order valence-electron chi connectivity index (χ4n) is 2.24. The molecule has 1 aliphatic heterocycles. The summed E-state index contributed by atoms with van der Waals surface area (Å²) in [7, 11) is 1.38. The van der Waals surface area contributed by atoms with Crippen molar-refractivity contribution in [1.29, 1.82) is 0 Å². The number of hydrogen-bond acceptors (Lipinski definition) is 4. The van der Waals surface area contributed by atoms with Crippen molar-refractivity contribution in [3.63, 3.8) is 0 Å². The number of likely N-dealkylation sites (tertiary alicyclic amines) is 1. The lowest BCUT2D eigenvalue weighted by Crippen LogP contribution is -2.51. The van der Waals surface area contributed by atoms with E-state index in [2.05, 4.69) is 0 Å². The molecule has 0 bridgehead atoms. The lowest BCUT2D eigenvalue weighted by molar-refractivity contribution is -0.149. The smallest absolute Gasteiger partial charge is 0.310 e. The molecule has 1 heterocycles. The maximum Gasteiger partial charge on any atom is 0.310 e. The summed E-state index contributed by atoms with van der Waals surface area (Å²) < 4.78 is 4.74. The highest BCUT2D eigenvalue weighted by atomic mass is 35.5. The molecular formula is C13H25ClN2O3. The number of carbonyl (C=O) groups is 2. The predicted octanol–water partition coefficient (Wildman–Crippen LogP) is 1.19. The Hall–Kier alpha value is -0.810. The molecule has 1 rings (SSSR count). The standard InChI is InChI=1S/C13H24N2O3.ClH/c1-4-9(2)11(14)12(16)15-7-5-6-10(8-15)13(17)18-3;/h9-11H,4-8,14H2,1-3H3;1H. The monoisotopic (exact) mass is 292 g/mol. The fourth-order valence-corrected chi connectivity index (χ4v) is 2.24. The Morgan fingerprint density at radius 1 is 1.47 bits per heavy atom. The fraction of sp³-hybridized carbons (Fsp3) is 0.846. The summed E-state index contributed by atoms with van der Waals surface area (Å²) in [4.78, 5) is 25.4. The van der Waals surface area contributed by atoms with Gasteiger partial charge in [0.2, 0.25) is 5.91 Å². The normalized spacial score (nSPS) is 22.1. The molecule has 2 N–H and O–H groups in total. The largest absolute Gasteiger partial charge is 0.469 e. The van der Waals surface area contributed by atoms with Crippen LogP contribution in [0.4, 0.5) is 0 Å². The first-order valence-corrected chi connectivity index (χ1v) is 6.63. The van der Waals surface area contributed by atoms with Gasteiger partial charge in [0, 0.05) is 13.1 Å². The van der Waals surface area contributed by atoms with Crippen LogP contribution in [-0.4, -0.2) is 43.0 Å². The van der Waals surface area contributed by atoms with Crippen molar-refractivity contribution in [2.45, 2.75) is 39.2 Å². The highest BCUT2D eigenvalue weighted by molar-refractivity contribution is 5.85. The van der Waals surface area contributed by atoms with Gasteiger partial charge < -0.3 is 15.4 Å². The van der Waals surface area contributed by atoms with E-state index in [4.69, 9.17) is 10.5 Å². The number of ether oxygens (including phenoxy) is 1. The van der Waals surface area contributed by atoms with Gasteiger partial charge in [0.05, 0.1) is 19.1 Å². The predicted molar refractivity (Wildman–Crippen MR) is 76.0 cm³/mol. The molecule has 0 aromatic heterocycles. The van der Waals surface area contributed by atoms with Gasteiger partial charge in [-0.3, -0.25) is 9.59 Å². The molecule has 0 aliphatic carbocycles. The number of methoxy groups -OCH3 is 1. The minimum Gasteiger partial charge on any atom is -0.469 e. The summed E-state index contributed by atoms with van der Waals surface area (Å²) in [6, 6.07) is -0.466. The van der Waals surface area contributed by atoms with E-state index in [-0.39, 0.29) is 36.1 Å². The minimum absolute atomic E-state index is 0. The molecule has 0 saturated carbocycles. The molecule has 3 unspecified atom stereocenters. The quantitative estimate of drug-likeness (QED) is 0.790. The Morgan fingerprint density at radius 3 is 2.63 bits per heavy atom. The third-order valence-electron chi connectivity index (χ3n) is 3.81. The average Bonchev–Trinajstić information content (AvgIpc) is 2.43. The van der Waals surface area contributed by atoms with E-state index in [0.717, 1.165) is 19.3 Å². The number of carbonyl (C=O) groups excluding carboxylic acids is 2. The lowest BCUT2D eigenvalue weighted by Gasteiger charge is -2.34. The average molecular weight is 293 g/mol. The molecule has 112 valence electrons. The van der Waals surface area contributed by atoms with Gasteiger partial charge in [-0.15, -0.1) is 12.4 Å². The van der Waals surface area contributed by atoms with Crippen LogP contribution in [0.25, 0.3) is 0 Å². The molecule has 0 aromatic rings. The topological polar surface area (TPSA) is 72.6 Å². The second-order valence-electron chi connectivity index (χ2n) is 5.06. The summed E-state index contributed by atoms with van der Waals surface area (Å²) in [6.07, 6.45) is 2.49. The van der Waals surface area contributed by atoms with Crippen molar-refractivity contribution in [1.82, 2.24) is 4.90 Å². The number of nitrogens with two attached hydrogens (primary N) is 1. The van der Waals surface area contributed by atoms with Gasteiger partial charge in [-0.2, -0.15) is 0 Å². The van der Waals surface area contributed by atoms with Crippen LogP contribution in [-0.2, 0) is 14.3 Å². The zero-order chi connectivity index (χ0) is 13.7. The summed E-state index contributed by atoms with van der Waals surface area (Å²) in [6.45, 7) is 5.13. The van der Waals surface area contributed by atoms with E-state index in [1.54, 1.807) is 4.90 Å². The number of piperidine rings is 1. The van der Waals surface area contributed by atoms with E-state index >= 15 is 0 Å². The number of rotatable bonds is 4. The Balaban J connectivity index is 0.00000324. The van der Waals surface area contributed by atoms with Crippen molar-refractivity contribution in [2.75, 3.05) is 20.2 Å². The first kappa shape index (κ1) is 18.2. The zero-order valence-electron chi connectivity index (χ0n) is 11.9. The van der Waals surface area contributed by atoms with Crippen molar-refractivity contribution in [3.8, 4) is 0 Å². The van der Waals surface area contributed by atoms with Gasteiger partial charge in [-0.1, -0.05) is 20.3 Å².